The highest BCUT2D eigenvalue weighted by Crippen LogP contribution is 2.22. The summed E-state index contributed by atoms with van der Waals surface area (Å²) in [5.41, 5.74) is 1.41. The highest BCUT2D eigenvalue weighted by atomic mass is 16.6. The number of nitro benzene ring substituents is 2. The number of nitrogens with zero attached hydrogens (tertiary/aromatic N) is 4. The van der Waals surface area contributed by atoms with Crippen molar-refractivity contribution >= 4 is 23.5 Å². The Labute approximate surface area is 128 Å². The van der Waals surface area contributed by atoms with Gasteiger partial charge in [0.2, 0.25) is 0 Å². The molecule has 0 aliphatic rings. The Bertz CT molecular complexity index is 758. The van der Waals surface area contributed by atoms with Crippen LogP contribution in [-0.2, 0) is 0 Å². The molecule has 0 spiro atoms. The maximum Gasteiger partial charge on any atom is 0.277 e. The topological polar surface area (TPSA) is 141 Å². The second-order valence-corrected chi connectivity index (χ2v) is 4.24. The predicted molar refractivity (Wildman–Crippen MR) is 79.0 cm³/mol. The van der Waals surface area contributed by atoms with E-state index in [0.717, 1.165) is 18.2 Å². The molecule has 1 heterocycles. The highest BCUT2D eigenvalue weighted by molar-refractivity contribution is 5.96. The number of pyridine rings is 1. The first-order chi connectivity index (χ1) is 11.0. The van der Waals surface area contributed by atoms with E-state index >= 15 is 0 Å². The van der Waals surface area contributed by atoms with Gasteiger partial charge in [0.1, 0.15) is 0 Å². The van der Waals surface area contributed by atoms with Gasteiger partial charge in [0.25, 0.3) is 17.3 Å². The Hall–Kier alpha value is -3.69. The number of carbonyl (C=O) groups is 1. The quantitative estimate of drug-likeness (QED) is 0.505. The number of aromatic nitrogens is 1. The predicted octanol–water partition coefficient (Wildman–Crippen LogP) is 1.66. The van der Waals surface area contributed by atoms with Crippen molar-refractivity contribution in [3.05, 3.63) is 74.1 Å². The summed E-state index contributed by atoms with van der Waals surface area (Å²) in [7, 11) is 0. The Balaban J connectivity index is 2.20. The number of hydrogen-bond acceptors (Lipinski definition) is 7. The monoisotopic (exact) mass is 315 g/mol. The van der Waals surface area contributed by atoms with Gasteiger partial charge < -0.3 is 0 Å². The normalized spacial score (nSPS) is 10.4. The summed E-state index contributed by atoms with van der Waals surface area (Å²) in [6, 6.07) is 6.01. The molecule has 23 heavy (non-hydrogen) atoms. The number of hydrogen-bond donors (Lipinski definition) is 1. The van der Waals surface area contributed by atoms with Gasteiger partial charge in [-0.1, -0.05) is 6.07 Å². The van der Waals surface area contributed by atoms with Crippen LogP contribution in [0.25, 0.3) is 0 Å². The second-order valence-electron chi connectivity index (χ2n) is 4.24. The molecule has 0 unspecified atom stereocenters. The molecule has 2 aromatic rings. The summed E-state index contributed by atoms with van der Waals surface area (Å²) in [6.45, 7) is 0. The average molecular weight is 315 g/mol. The molecule has 1 aromatic heterocycles. The minimum atomic E-state index is -0.817. The van der Waals surface area contributed by atoms with Crippen molar-refractivity contribution < 1.29 is 14.6 Å². The first-order valence-electron chi connectivity index (χ1n) is 6.14. The van der Waals surface area contributed by atoms with Gasteiger partial charge in [0.15, 0.2) is 0 Å². The number of carbonyl (C=O) groups excluding carboxylic acids is 1. The number of nitrogens with one attached hydrogen (secondary N) is 1. The van der Waals surface area contributed by atoms with Gasteiger partial charge in [0, 0.05) is 30.1 Å². The zero-order valence-corrected chi connectivity index (χ0v) is 11.4. The van der Waals surface area contributed by atoms with Gasteiger partial charge in [0.05, 0.1) is 27.7 Å². The van der Waals surface area contributed by atoms with E-state index in [4.69, 9.17) is 0 Å². The fourth-order valence-corrected chi connectivity index (χ4v) is 1.62. The number of nitro groups is 2. The molecule has 10 heteroatoms. The van der Waals surface area contributed by atoms with Gasteiger partial charge in [-0.15, -0.1) is 0 Å². The fraction of sp³-hybridized carbons (Fsp3) is 0. The van der Waals surface area contributed by atoms with Crippen LogP contribution in [0.4, 0.5) is 11.4 Å². The number of rotatable bonds is 5. The van der Waals surface area contributed by atoms with Crippen LogP contribution < -0.4 is 5.43 Å². The molecule has 1 amide bonds. The van der Waals surface area contributed by atoms with E-state index in [1.54, 1.807) is 18.3 Å². The van der Waals surface area contributed by atoms with E-state index in [0.29, 0.717) is 5.56 Å². The van der Waals surface area contributed by atoms with Crippen molar-refractivity contribution in [3.8, 4) is 0 Å². The molecule has 0 bridgehead atoms. The largest absolute Gasteiger partial charge is 0.277 e. The van der Waals surface area contributed by atoms with E-state index in [-0.39, 0.29) is 5.56 Å². The summed E-state index contributed by atoms with van der Waals surface area (Å²) in [5.74, 6) is -0.808. The first kappa shape index (κ1) is 15.7. The molecule has 0 radical (unpaired) electrons. The minimum absolute atomic E-state index is 0.241. The lowest BCUT2D eigenvalue weighted by molar-refractivity contribution is -0.394. The molecule has 1 N–H and O–H groups in total. The van der Waals surface area contributed by atoms with Crippen molar-refractivity contribution in [3.63, 3.8) is 0 Å². The maximum atomic E-state index is 11.9. The fourth-order valence-electron chi connectivity index (χ4n) is 1.62. The average Bonchev–Trinajstić information content (AvgIpc) is 2.55. The van der Waals surface area contributed by atoms with Crippen LogP contribution >= 0.6 is 0 Å². The molecular formula is C13H9N5O5. The number of hydrazone groups is 1. The SMILES string of the molecule is O=C(N/N=C/c1cccnc1)c1cc([N+](=O)[O-])cc([N+](=O)[O-])c1. The Morgan fingerprint density at radius 3 is 2.35 bits per heavy atom. The Morgan fingerprint density at radius 2 is 1.83 bits per heavy atom. The van der Waals surface area contributed by atoms with Crippen molar-refractivity contribution in [2.45, 2.75) is 0 Å². The zero-order valence-electron chi connectivity index (χ0n) is 11.4. The minimum Gasteiger partial charge on any atom is -0.267 e. The molecule has 0 saturated carbocycles. The highest BCUT2D eigenvalue weighted by Gasteiger charge is 2.19. The molecule has 0 atom stereocenters. The standard InChI is InChI=1S/C13H9N5O5/c19-13(16-15-8-9-2-1-3-14-7-9)10-4-11(17(20)21)6-12(5-10)18(22)23/h1-8H,(H,16,19)/b15-8+. The number of non-ortho nitro benzene ring substituents is 2. The summed E-state index contributed by atoms with van der Waals surface area (Å²) in [6.07, 6.45) is 4.39. The first-order valence-corrected chi connectivity index (χ1v) is 6.14. The lowest BCUT2D eigenvalue weighted by atomic mass is 10.1. The molecule has 116 valence electrons. The molecule has 0 saturated heterocycles. The molecule has 2 rings (SSSR count). The van der Waals surface area contributed by atoms with Crippen LogP contribution in [0.5, 0.6) is 0 Å². The third-order valence-corrected chi connectivity index (χ3v) is 2.65. The third-order valence-electron chi connectivity index (χ3n) is 2.65. The third kappa shape index (κ3) is 4.14. The van der Waals surface area contributed by atoms with Crippen LogP contribution in [0.1, 0.15) is 15.9 Å². The summed E-state index contributed by atoms with van der Waals surface area (Å²) < 4.78 is 0. The second kappa shape index (κ2) is 6.85. The van der Waals surface area contributed by atoms with Gasteiger partial charge in [-0.3, -0.25) is 30.0 Å². The zero-order chi connectivity index (χ0) is 16.8. The summed E-state index contributed by atoms with van der Waals surface area (Å²) in [4.78, 5) is 35.6. The van der Waals surface area contributed by atoms with Crippen molar-refractivity contribution in [1.29, 1.82) is 0 Å². The van der Waals surface area contributed by atoms with Gasteiger partial charge in [-0.05, 0) is 6.07 Å². The lowest BCUT2D eigenvalue weighted by Crippen LogP contribution is -2.18. The summed E-state index contributed by atoms with van der Waals surface area (Å²) in [5, 5.41) is 25.2. The van der Waals surface area contributed by atoms with E-state index in [1.807, 2.05) is 0 Å². The smallest absolute Gasteiger partial charge is 0.267 e. The molecule has 0 aliphatic carbocycles. The van der Waals surface area contributed by atoms with Gasteiger partial charge >= 0.3 is 0 Å². The van der Waals surface area contributed by atoms with Gasteiger partial charge in [-0.25, -0.2) is 5.43 Å². The molecule has 1 aromatic carbocycles. The van der Waals surface area contributed by atoms with E-state index < -0.39 is 27.1 Å². The van der Waals surface area contributed by atoms with E-state index in [9.17, 15) is 25.0 Å². The van der Waals surface area contributed by atoms with Crippen molar-refractivity contribution in [1.82, 2.24) is 10.4 Å². The summed E-state index contributed by atoms with van der Waals surface area (Å²) >= 11 is 0. The Morgan fingerprint density at radius 1 is 1.17 bits per heavy atom. The molecular weight excluding hydrogens is 306 g/mol. The van der Waals surface area contributed by atoms with Gasteiger partial charge in [-0.2, -0.15) is 5.10 Å². The van der Waals surface area contributed by atoms with Crippen LogP contribution in [-0.4, -0.2) is 27.0 Å². The molecule has 10 nitrogen and oxygen atoms in total. The maximum absolute atomic E-state index is 11.9. The van der Waals surface area contributed by atoms with Crippen LogP contribution in [0, 0.1) is 20.2 Å². The van der Waals surface area contributed by atoms with Crippen molar-refractivity contribution in [2.75, 3.05) is 0 Å². The van der Waals surface area contributed by atoms with E-state index in [2.05, 4.69) is 15.5 Å². The Kier molecular flexibility index (Phi) is 4.67. The molecule has 0 aliphatic heterocycles. The lowest BCUT2D eigenvalue weighted by Gasteiger charge is -2.00. The number of amides is 1. The van der Waals surface area contributed by atoms with Crippen LogP contribution in [0.3, 0.4) is 0 Å². The van der Waals surface area contributed by atoms with Crippen molar-refractivity contribution in [2.24, 2.45) is 5.10 Å². The number of benzene rings is 1. The molecule has 0 fully saturated rings. The van der Waals surface area contributed by atoms with E-state index in [1.165, 1.54) is 12.4 Å². The van der Waals surface area contributed by atoms with Crippen LogP contribution in [0.2, 0.25) is 0 Å². The van der Waals surface area contributed by atoms with Crippen LogP contribution in [0.15, 0.2) is 47.8 Å².